The molecule has 3 rings (SSSR count). The Bertz CT molecular complexity index is 882. The number of rotatable bonds is 2. The molecule has 0 saturated carbocycles. The lowest BCUT2D eigenvalue weighted by Gasteiger charge is -2.08. The standard InChI is InChI=1S/C14H9F3N2O2S/c1-21-9-3-4-11-10(6-9)19(13(20)22-11)12-5-2-8(7-18-12)14(15,16)17/h2-7H,1H3. The molecule has 0 unspecified atom stereocenters. The summed E-state index contributed by atoms with van der Waals surface area (Å²) in [6.07, 6.45) is -3.75. The summed E-state index contributed by atoms with van der Waals surface area (Å²) in [4.78, 5) is 15.5. The molecule has 4 nitrogen and oxygen atoms in total. The number of aromatic nitrogens is 2. The molecular formula is C14H9F3N2O2S. The Hall–Kier alpha value is -2.35. The summed E-state index contributed by atoms with van der Waals surface area (Å²) in [6, 6.07) is 7.16. The first-order valence-electron chi connectivity index (χ1n) is 6.13. The summed E-state index contributed by atoms with van der Waals surface area (Å²) >= 11 is 0.992. The van der Waals surface area contributed by atoms with Crippen molar-refractivity contribution in [3.63, 3.8) is 0 Å². The van der Waals surface area contributed by atoms with Gasteiger partial charge in [0.1, 0.15) is 11.6 Å². The number of fused-ring (bicyclic) bond motifs is 1. The maximum Gasteiger partial charge on any atom is 0.417 e. The van der Waals surface area contributed by atoms with E-state index in [4.69, 9.17) is 4.74 Å². The smallest absolute Gasteiger partial charge is 0.417 e. The van der Waals surface area contributed by atoms with Crippen molar-refractivity contribution in [3.8, 4) is 11.6 Å². The van der Waals surface area contributed by atoms with Gasteiger partial charge in [0.15, 0.2) is 0 Å². The highest BCUT2D eigenvalue weighted by Crippen LogP contribution is 2.29. The van der Waals surface area contributed by atoms with Gasteiger partial charge in [0.25, 0.3) is 0 Å². The Balaban J connectivity index is 2.17. The first kappa shape index (κ1) is 14.6. The van der Waals surface area contributed by atoms with Crippen LogP contribution >= 0.6 is 11.3 Å². The number of nitrogens with zero attached hydrogens (tertiary/aromatic N) is 2. The Kier molecular flexibility index (Phi) is 3.40. The number of halogens is 3. The average Bonchev–Trinajstić information content (AvgIpc) is 2.81. The number of alkyl halides is 3. The fraction of sp³-hybridized carbons (Fsp3) is 0.143. The van der Waals surface area contributed by atoms with Gasteiger partial charge in [0.05, 0.1) is 22.9 Å². The minimum Gasteiger partial charge on any atom is -0.497 e. The summed E-state index contributed by atoms with van der Waals surface area (Å²) in [7, 11) is 1.49. The molecule has 0 aliphatic rings. The lowest BCUT2D eigenvalue weighted by Crippen LogP contribution is -2.13. The van der Waals surface area contributed by atoms with Crippen molar-refractivity contribution >= 4 is 21.6 Å². The molecule has 3 aromatic rings. The van der Waals surface area contributed by atoms with Crippen LogP contribution in [0.3, 0.4) is 0 Å². The number of pyridine rings is 1. The van der Waals surface area contributed by atoms with Crippen LogP contribution in [0.2, 0.25) is 0 Å². The third-order valence-corrected chi connectivity index (χ3v) is 4.01. The van der Waals surface area contributed by atoms with Gasteiger partial charge in [-0.15, -0.1) is 0 Å². The molecule has 1 aromatic carbocycles. The predicted octanol–water partition coefficient (Wildman–Crippen LogP) is 3.47. The van der Waals surface area contributed by atoms with Crippen LogP contribution in [0.4, 0.5) is 13.2 Å². The molecule has 0 N–H and O–H groups in total. The van der Waals surface area contributed by atoms with Crippen molar-refractivity contribution in [3.05, 3.63) is 51.8 Å². The Labute approximate surface area is 126 Å². The first-order valence-corrected chi connectivity index (χ1v) is 6.95. The van der Waals surface area contributed by atoms with Gasteiger partial charge in [-0.25, -0.2) is 4.98 Å². The summed E-state index contributed by atoms with van der Waals surface area (Å²) in [6.45, 7) is 0. The van der Waals surface area contributed by atoms with E-state index in [9.17, 15) is 18.0 Å². The van der Waals surface area contributed by atoms with Gasteiger partial charge in [-0.3, -0.25) is 9.36 Å². The molecule has 0 aliphatic carbocycles. The summed E-state index contributed by atoms with van der Waals surface area (Å²) < 4.78 is 44.8. The normalized spacial score (nSPS) is 11.8. The molecule has 0 saturated heterocycles. The molecule has 0 radical (unpaired) electrons. The molecule has 0 amide bonds. The minimum absolute atomic E-state index is 0.137. The van der Waals surface area contributed by atoms with E-state index in [-0.39, 0.29) is 10.7 Å². The topological polar surface area (TPSA) is 44.1 Å². The minimum atomic E-state index is -4.46. The number of thiazole rings is 1. The molecule has 2 heterocycles. The van der Waals surface area contributed by atoms with Crippen molar-refractivity contribution in [2.45, 2.75) is 6.18 Å². The number of ether oxygens (including phenoxy) is 1. The number of methoxy groups -OCH3 is 1. The molecule has 0 fully saturated rings. The highest BCUT2D eigenvalue weighted by atomic mass is 32.1. The zero-order valence-electron chi connectivity index (χ0n) is 11.2. The van der Waals surface area contributed by atoms with Crippen LogP contribution in [0, 0.1) is 0 Å². The van der Waals surface area contributed by atoms with E-state index in [1.807, 2.05) is 0 Å². The van der Waals surface area contributed by atoms with Gasteiger partial charge in [0.2, 0.25) is 0 Å². The molecule has 22 heavy (non-hydrogen) atoms. The lowest BCUT2D eigenvalue weighted by molar-refractivity contribution is -0.137. The van der Waals surface area contributed by atoms with E-state index >= 15 is 0 Å². The lowest BCUT2D eigenvalue weighted by atomic mass is 10.2. The van der Waals surface area contributed by atoms with Crippen LogP contribution in [0.15, 0.2) is 41.3 Å². The zero-order chi connectivity index (χ0) is 15.9. The fourth-order valence-electron chi connectivity index (χ4n) is 2.03. The van der Waals surface area contributed by atoms with Crippen molar-refractivity contribution in [2.24, 2.45) is 0 Å². The van der Waals surface area contributed by atoms with E-state index in [1.54, 1.807) is 18.2 Å². The molecule has 114 valence electrons. The molecule has 0 aliphatic heterocycles. The van der Waals surface area contributed by atoms with E-state index in [1.165, 1.54) is 17.7 Å². The molecule has 8 heteroatoms. The van der Waals surface area contributed by atoms with Gasteiger partial charge in [0, 0.05) is 12.3 Å². The summed E-state index contributed by atoms with van der Waals surface area (Å²) in [5.41, 5.74) is -0.317. The molecule has 2 aromatic heterocycles. The van der Waals surface area contributed by atoms with Crippen LogP contribution in [-0.2, 0) is 6.18 Å². The van der Waals surface area contributed by atoms with Crippen LogP contribution in [0.5, 0.6) is 5.75 Å². The fourth-order valence-corrected chi connectivity index (χ4v) is 2.89. The maximum absolute atomic E-state index is 12.6. The third-order valence-electron chi connectivity index (χ3n) is 3.09. The van der Waals surface area contributed by atoms with E-state index in [0.29, 0.717) is 22.2 Å². The quantitative estimate of drug-likeness (QED) is 0.724. The summed E-state index contributed by atoms with van der Waals surface area (Å²) in [5, 5.41) is 0. The Morgan fingerprint density at radius 1 is 1.23 bits per heavy atom. The highest BCUT2D eigenvalue weighted by Gasteiger charge is 2.30. The van der Waals surface area contributed by atoms with Gasteiger partial charge in [-0.2, -0.15) is 13.2 Å². The SMILES string of the molecule is COc1ccc2sc(=O)n(-c3ccc(C(F)(F)F)cn3)c2c1. The molecule has 0 atom stereocenters. The number of hydrogen-bond acceptors (Lipinski definition) is 4. The van der Waals surface area contributed by atoms with Crippen molar-refractivity contribution in [2.75, 3.05) is 7.11 Å². The van der Waals surface area contributed by atoms with Gasteiger partial charge in [-0.1, -0.05) is 11.3 Å². The second kappa shape index (κ2) is 5.13. The van der Waals surface area contributed by atoms with Gasteiger partial charge >= 0.3 is 11.0 Å². The van der Waals surface area contributed by atoms with E-state index in [2.05, 4.69) is 4.98 Å². The van der Waals surface area contributed by atoms with Crippen LogP contribution in [-0.4, -0.2) is 16.7 Å². The zero-order valence-corrected chi connectivity index (χ0v) is 12.0. The highest BCUT2D eigenvalue weighted by molar-refractivity contribution is 7.16. The van der Waals surface area contributed by atoms with Gasteiger partial charge in [-0.05, 0) is 24.3 Å². The van der Waals surface area contributed by atoms with Gasteiger partial charge < -0.3 is 4.74 Å². The molecule has 0 spiro atoms. The van der Waals surface area contributed by atoms with Crippen molar-refractivity contribution < 1.29 is 17.9 Å². The number of benzene rings is 1. The first-order chi connectivity index (χ1) is 10.4. The number of hydrogen-bond donors (Lipinski definition) is 0. The van der Waals surface area contributed by atoms with E-state index < -0.39 is 11.7 Å². The maximum atomic E-state index is 12.6. The molecule has 0 bridgehead atoms. The Morgan fingerprint density at radius 2 is 2.00 bits per heavy atom. The van der Waals surface area contributed by atoms with Crippen molar-refractivity contribution in [1.82, 2.24) is 9.55 Å². The monoisotopic (exact) mass is 326 g/mol. The largest absolute Gasteiger partial charge is 0.497 e. The van der Waals surface area contributed by atoms with Crippen LogP contribution in [0.1, 0.15) is 5.56 Å². The average molecular weight is 326 g/mol. The van der Waals surface area contributed by atoms with Crippen molar-refractivity contribution in [1.29, 1.82) is 0 Å². The van der Waals surface area contributed by atoms with E-state index in [0.717, 1.165) is 17.4 Å². The third kappa shape index (κ3) is 2.45. The molecular weight excluding hydrogens is 317 g/mol. The summed E-state index contributed by atoms with van der Waals surface area (Å²) in [5.74, 6) is 0.684. The second-order valence-corrected chi connectivity index (χ2v) is 5.43. The Morgan fingerprint density at radius 3 is 2.59 bits per heavy atom. The second-order valence-electron chi connectivity index (χ2n) is 4.44. The van der Waals surface area contributed by atoms with Crippen LogP contribution < -0.4 is 9.61 Å². The van der Waals surface area contributed by atoms with Crippen LogP contribution in [0.25, 0.3) is 16.0 Å². The predicted molar refractivity (Wildman–Crippen MR) is 76.8 cm³/mol.